The van der Waals surface area contributed by atoms with Crippen LogP contribution in [0.15, 0.2) is 24.3 Å². The van der Waals surface area contributed by atoms with Crippen LogP contribution in [0.25, 0.3) is 0 Å². The van der Waals surface area contributed by atoms with Crippen LogP contribution in [-0.2, 0) is 0 Å². The maximum atomic E-state index is 12.5. The summed E-state index contributed by atoms with van der Waals surface area (Å²) in [5, 5.41) is 3.45. The number of benzene rings is 1. The predicted octanol–water partition coefficient (Wildman–Crippen LogP) is 4.90. The molecule has 1 aromatic carbocycles. The SMILES string of the molecule is Cc1ccc(NC(=O)c2cc(C)n(C(C)C)c2C)c(Cl)c1. The topological polar surface area (TPSA) is 34.0 Å². The first-order valence-electron chi connectivity index (χ1n) is 7.07. The lowest BCUT2D eigenvalue weighted by molar-refractivity contribution is 0.102. The molecule has 1 aromatic heterocycles. The fourth-order valence-electron chi connectivity index (χ4n) is 2.71. The summed E-state index contributed by atoms with van der Waals surface area (Å²) in [6, 6.07) is 7.85. The third-order valence-electron chi connectivity index (χ3n) is 3.62. The van der Waals surface area contributed by atoms with Crippen LogP contribution in [0.4, 0.5) is 5.69 Å². The number of hydrogen-bond donors (Lipinski definition) is 1. The van der Waals surface area contributed by atoms with Gasteiger partial charge in [0.05, 0.1) is 16.3 Å². The van der Waals surface area contributed by atoms with Crippen LogP contribution in [0.3, 0.4) is 0 Å². The van der Waals surface area contributed by atoms with E-state index in [1.165, 1.54) is 0 Å². The number of halogens is 1. The van der Waals surface area contributed by atoms with Crippen molar-refractivity contribution in [2.75, 3.05) is 5.32 Å². The first-order valence-corrected chi connectivity index (χ1v) is 7.45. The molecule has 0 fully saturated rings. The number of aryl methyl sites for hydroxylation is 2. The van der Waals surface area contributed by atoms with Gasteiger partial charge in [0.2, 0.25) is 0 Å². The van der Waals surface area contributed by atoms with E-state index in [1.54, 1.807) is 0 Å². The molecule has 0 spiro atoms. The number of amides is 1. The lowest BCUT2D eigenvalue weighted by Gasteiger charge is -2.14. The second kappa shape index (κ2) is 5.94. The Kier molecular flexibility index (Phi) is 4.43. The number of aromatic nitrogens is 1. The maximum absolute atomic E-state index is 12.5. The highest BCUT2D eigenvalue weighted by molar-refractivity contribution is 6.34. The van der Waals surface area contributed by atoms with Crippen molar-refractivity contribution in [1.29, 1.82) is 0 Å². The number of rotatable bonds is 3. The van der Waals surface area contributed by atoms with Crippen molar-refractivity contribution in [3.63, 3.8) is 0 Å². The Morgan fingerprint density at radius 3 is 2.38 bits per heavy atom. The van der Waals surface area contributed by atoms with Crippen molar-refractivity contribution in [2.45, 2.75) is 40.7 Å². The van der Waals surface area contributed by atoms with Gasteiger partial charge in [0.25, 0.3) is 5.91 Å². The van der Waals surface area contributed by atoms with E-state index in [1.807, 2.05) is 45.0 Å². The predicted molar refractivity (Wildman–Crippen MR) is 88.4 cm³/mol. The average Bonchev–Trinajstić information content (AvgIpc) is 2.68. The molecule has 1 heterocycles. The Bertz CT molecular complexity index is 686. The molecule has 4 heteroatoms. The van der Waals surface area contributed by atoms with Gasteiger partial charge >= 0.3 is 0 Å². The largest absolute Gasteiger partial charge is 0.346 e. The fourth-order valence-corrected chi connectivity index (χ4v) is 3.00. The van der Waals surface area contributed by atoms with E-state index in [0.717, 1.165) is 17.0 Å². The Morgan fingerprint density at radius 2 is 1.86 bits per heavy atom. The third kappa shape index (κ3) is 3.13. The number of hydrogen-bond acceptors (Lipinski definition) is 1. The van der Waals surface area contributed by atoms with Crippen LogP contribution in [0, 0.1) is 20.8 Å². The van der Waals surface area contributed by atoms with Gasteiger partial charge in [-0.05, 0) is 58.4 Å². The summed E-state index contributed by atoms with van der Waals surface area (Å²) in [5.41, 5.74) is 4.46. The van der Waals surface area contributed by atoms with Crippen molar-refractivity contribution in [3.8, 4) is 0 Å². The zero-order valence-corrected chi connectivity index (χ0v) is 13.9. The molecular formula is C17H21ClN2O. The molecule has 21 heavy (non-hydrogen) atoms. The van der Waals surface area contributed by atoms with Crippen LogP contribution in [0.1, 0.15) is 47.2 Å². The second-order valence-corrected chi connectivity index (χ2v) is 6.09. The van der Waals surface area contributed by atoms with Crippen LogP contribution in [0.2, 0.25) is 5.02 Å². The molecule has 3 nitrogen and oxygen atoms in total. The summed E-state index contributed by atoms with van der Waals surface area (Å²) in [7, 11) is 0. The minimum atomic E-state index is -0.124. The number of carbonyl (C=O) groups is 1. The monoisotopic (exact) mass is 304 g/mol. The van der Waals surface area contributed by atoms with Crippen molar-refractivity contribution < 1.29 is 4.79 Å². The molecule has 0 bridgehead atoms. The first kappa shape index (κ1) is 15.6. The number of carbonyl (C=O) groups excluding carboxylic acids is 1. The Balaban J connectivity index is 2.31. The molecule has 2 rings (SSSR count). The summed E-state index contributed by atoms with van der Waals surface area (Å²) in [4.78, 5) is 12.5. The fraction of sp³-hybridized carbons (Fsp3) is 0.353. The van der Waals surface area contributed by atoms with Gasteiger partial charge in [-0.1, -0.05) is 17.7 Å². The standard InChI is InChI=1S/C17H21ClN2O/c1-10(2)20-12(4)9-14(13(20)5)17(21)19-16-7-6-11(3)8-15(16)18/h6-10H,1-5H3,(H,19,21). The lowest BCUT2D eigenvalue weighted by Crippen LogP contribution is -2.14. The summed E-state index contributed by atoms with van der Waals surface area (Å²) in [6.45, 7) is 10.2. The summed E-state index contributed by atoms with van der Waals surface area (Å²) in [6.07, 6.45) is 0. The quantitative estimate of drug-likeness (QED) is 0.859. The average molecular weight is 305 g/mol. The van der Waals surface area contributed by atoms with Gasteiger partial charge in [-0.3, -0.25) is 4.79 Å². The number of anilines is 1. The van der Waals surface area contributed by atoms with Gasteiger partial charge in [0.15, 0.2) is 0 Å². The Morgan fingerprint density at radius 1 is 1.19 bits per heavy atom. The van der Waals surface area contributed by atoms with Crippen molar-refractivity contribution in [2.24, 2.45) is 0 Å². The molecule has 0 unspecified atom stereocenters. The van der Waals surface area contributed by atoms with Gasteiger partial charge in [-0.15, -0.1) is 0 Å². The summed E-state index contributed by atoms with van der Waals surface area (Å²) in [5.74, 6) is -0.124. The van der Waals surface area contributed by atoms with Gasteiger partial charge in [0, 0.05) is 17.4 Å². The maximum Gasteiger partial charge on any atom is 0.257 e. The summed E-state index contributed by atoms with van der Waals surface area (Å²) < 4.78 is 2.16. The first-order chi connectivity index (χ1) is 9.81. The molecular weight excluding hydrogens is 284 g/mol. The van der Waals surface area contributed by atoms with Crippen LogP contribution < -0.4 is 5.32 Å². The molecule has 0 saturated heterocycles. The molecule has 0 aliphatic carbocycles. The highest BCUT2D eigenvalue weighted by atomic mass is 35.5. The lowest BCUT2D eigenvalue weighted by atomic mass is 10.2. The van der Waals surface area contributed by atoms with Crippen LogP contribution in [0.5, 0.6) is 0 Å². The van der Waals surface area contributed by atoms with Crippen LogP contribution in [-0.4, -0.2) is 10.5 Å². The van der Waals surface area contributed by atoms with E-state index < -0.39 is 0 Å². The van der Waals surface area contributed by atoms with E-state index in [9.17, 15) is 4.79 Å². The van der Waals surface area contributed by atoms with Crippen LogP contribution >= 0.6 is 11.6 Å². The third-order valence-corrected chi connectivity index (χ3v) is 3.93. The molecule has 2 aromatic rings. The smallest absolute Gasteiger partial charge is 0.257 e. The zero-order valence-electron chi connectivity index (χ0n) is 13.1. The summed E-state index contributed by atoms with van der Waals surface area (Å²) >= 11 is 6.17. The minimum Gasteiger partial charge on any atom is -0.346 e. The van der Waals surface area contributed by atoms with E-state index in [2.05, 4.69) is 23.7 Å². The second-order valence-electron chi connectivity index (χ2n) is 5.69. The highest BCUT2D eigenvalue weighted by Crippen LogP contribution is 2.25. The molecule has 0 aliphatic rings. The van der Waals surface area contributed by atoms with Gasteiger partial charge in [-0.25, -0.2) is 0 Å². The van der Waals surface area contributed by atoms with E-state index >= 15 is 0 Å². The molecule has 112 valence electrons. The minimum absolute atomic E-state index is 0.124. The molecule has 0 atom stereocenters. The van der Waals surface area contributed by atoms with Crippen molar-refractivity contribution in [1.82, 2.24) is 4.57 Å². The normalized spacial score (nSPS) is 11.0. The molecule has 0 aliphatic heterocycles. The Labute approximate surface area is 130 Å². The van der Waals surface area contributed by atoms with E-state index in [0.29, 0.717) is 22.3 Å². The number of nitrogens with zero attached hydrogens (tertiary/aromatic N) is 1. The van der Waals surface area contributed by atoms with Gasteiger partial charge in [-0.2, -0.15) is 0 Å². The number of nitrogens with one attached hydrogen (secondary N) is 1. The Hall–Kier alpha value is -1.74. The molecule has 1 N–H and O–H groups in total. The van der Waals surface area contributed by atoms with E-state index in [-0.39, 0.29) is 5.91 Å². The molecule has 1 amide bonds. The molecule has 0 saturated carbocycles. The highest BCUT2D eigenvalue weighted by Gasteiger charge is 2.17. The zero-order chi connectivity index (χ0) is 15.7. The van der Waals surface area contributed by atoms with E-state index in [4.69, 9.17) is 11.6 Å². The van der Waals surface area contributed by atoms with Gasteiger partial charge < -0.3 is 9.88 Å². The van der Waals surface area contributed by atoms with Gasteiger partial charge in [0.1, 0.15) is 0 Å². The van der Waals surface area contributed by atoms with Crippen molar-refractivity contribution >= 4 is 23.2 Å². The van der Waals surface area contributed by atoms with Crippen molar-refractivity contribution in [3.05, 3.63) is 51.8 Å². The molecule has 0 radical (unpaired) electrons.